The van der Waals surface area contributed by atoms with E-state index in [0.29, 0.717) is 16.6 Å². The fourth-order valence-electron chi connectivity index (χ4n) is 2.72. The van der Waals surface area contributed by atoms with Gasteiger partial charge in [0.15, 0.2) is 0 Å². The van der Waals surface area contributed by atoms with E-state index in [0.717, 1.165) is 37.2 Å². The van der Waals surface area contributed by atoms with E-state index in [1.165, 1.54) is 0 Å². The van der Waals surface area contributed by atoms with Gasteiger partial charge in [0.05, 0.1) is 15.6 Å². The average molecular weight is 316 g/mol. The molecule has 0 bridgehead atoms. The molecule has 2 N–H and O–H groups in total. The molecule has 2 nitrogen and oxygen atoms in total. The lowest BCUT2D eigenvalue weighted by Crippen LogP contribution is -2.44. The highest BCUT2D eigenvalue weighted by molar-refractivity contribution is 6.42. The van der Waals surface area contributed by atoms with Gasteiger partial charge in [0, 0.05) is 12.6 Å². The molecular formula is C16H23Cl2NO. The zero-order chi connectivity index (χ0) is 14.8. The normalized spacial score (nSPS) is 28.4. The first-order valence-corrected chi connectivity index (χ1v) is 8.06. The van der Waals surface area contributed by atoms with Crippen LogP contribution < -0.4 is 5.32 Å². The monoisotopic (exact) mass is 315 g/mol. The van der Waals surface area contributed by atoms with Gasteiger partial charge in [-0.15, -0.1) is 0 Å². The van der Waals surface area contributed by atoms with Crippen LogP contribution in [0.5, 0.6) is 0 Å². The number of halogens is 2. The van der Waals surface area contributed by atoms with Crippen LogP contribution in [0.1, 0.15) is 51.1 Å². The zero-order valence-electron chi connectivity index (χ0n) is 12.1. The van der Waals surface area contributed by atoms with Crippen molar-refractivity contribution in [2.24, 2.45) is 5.92 Å². The first-order chi connectivity index (χ1) is 9.39. The summed E-state index contributed by atoms with van der Waals surface area (Å²) in [5.74, 6) is 0.739. The average Bonchev–Trinajstić information content (AvgIpc) is 2.43. The third-order valence-corrected chi connectivity index (χ3v) is 5.12. The van der Waals surface area contributed by atoms with Crippen molar-refractivity contribution in [1.82, 2.24) is 5.32 Å². The van der Waals surface area contributed by atoms with E-state index in [2.05, 4.69) is 19.2 Å². The Balaban J connectivity index is 1.91. The number of hydrogen-bond acceptors (Lipinski definition) is 2. The minimum absolute atomic E-state index is 0.146. The van der Waals surface area contributed by atoms with Crippen LogP contribution in [0.25, 0.3) is 0 Å². The lowest BCUT2D eigenvalue weighted by Gasteiger charge is -2.36. The van der Waals surface area contributed by atoms with E-state index < -0.39 is 5.60 Å². The molecule has 0 aromatic heterocycles. The SMILES string of the molecule is CC1CCC(O)(CNC(C)c2ccc(Cl)c(Cl)c2)CC1. The van der Waals surface area contributed by atoms with Crippen molar-refractivity contribution in [3.63, 3.8) is 0 Å². The fraction of sp³-hybridized carbons (Fsp3) is 0.625. The molecule has 0 aliphatic heterocycles. The zero-order valence-corrected chi connectivity index (χ0v) is 13.6. The minimum atomic E-state index is -0.559. The van der Waals surface area contributed by atoms with Crippen molar-refractivity contribution < 1.29 is 5.11 Å². The van der Waals surface area contributed by atoms with Crippen LogP contribution in [0.15, 0.2) is 18.2 Å². The lowest BCUT2D eigenvalue weighted by atomic mass is 9.79. The second-order valence-electron chi connectivity index (χ2n) is 6.18. The second kappa shape index (κ2) is 6.65. The maximum absolute atomic E-state index is 10.6. The molecule has 1 aliphatic carbocycles. The molecule has 4 heteroatoms. The maximum atomic E-state index is 10.6. The summed E-state index contributed by atoms with van der Waals surface area (Å²) in [5, 5.41) is 15.1. The highest BCUT2D eigenvalue weighted by Crippen LogP contribution is 2.32. The number of rotatable bonds is 4. The molecule has 1 aromatic carbocycles. The van der Waals surface area contributed by atoms with Gasteiger partial charge in [-0.25, -0.2) is 0 Å². The van der Waals surface area contributed by atoms with Crippen molar-refractivity contribution in [1.29, 1.82) is 0 Å². The summed E-state index contributed by atoms with van der Waals surface area (Å²) >= 11 is 12.0. The number of hydrogen-bond donors (Lipinski definition) is 2. The maximum Gasteiger partial charge on any atom is 0.0772 e. The van der Waals surface area contributed by atoms with Crippen LogP contribution in [0.3, 0.4) is 0 Å². The van der Waals surface area contributed by atoms with Crippen LogP contribution in [0.2, 0.25) is 10.0 Å². The molecule has 0 heterocycles. The van der Waals surface area contributed by atoms with Gasteiger partial charge in [0.1, 0.15) is 0 Å². The molecule has 2 rings (SSSR count). The molecule has 1 aromatic rings. The topological polar surface area (TPSA) is 32.3 Å². The Hall–Kier alpha value is -0.280. The number of aliphatic hydroxyl groups is 1. The van der Waals surface area contributed by atoms with Crippen LogP contribution in [-0.4, -0.2) is 17.3 Å². The third kappa shape index (κ3) is 4.11. The van der Waals surface area contributed by atoms with Gasteiger partial charge in [-0.3, -0.25) is 0 Å². The Bertz CT molecular complexity index is 456. The van der Waals surface area contributed by atoms with Crippen molar-refractivity contribution in [2.75, 3.05) is 6.54 Å². The summed E-state index contributed by atoms with van der Waals surface area (Å²) < 4.78 is 0. The van der Waals surface area contributed by atoms with Gasteiger partial charge in [0.25, 0.3) is 0 Å². The van der Waals surface area contributed by atoms with E-state index in [4.69, 9.17) is 23.2 Å². The lowest BCUT2D eigenvalue weighted by molar-refractivity contribution is -0.00783. The molecule has 0 spiro atoms. The molecule has 0 radical (unpaired) electrons. The molecule has 20 heavy (non-hydrogen) atoms. The van der Waals surface area contributed by atoms with E-state index in [-0.39, 0.29) is 6.04 Å². The van der Waals surface area contributed by atoms with Crippen molar-refractivity contribution in [2.45, 2.75) is 51.2 Å². The molecule has 1 fully saturated rings. The summed E-state index contributed by atoms with van der Waals surface area (Å²) in [6.45, 7) is 4.96. The van der Waals surface area contributed by atoms with E-state index in [1.807, 2.05) is 18.2 Å². The smallest absolute Gasteiger partial charge is 0.0772 e. The predicted octanol–water partition coefficient (Wildman–Crippen LogP) is 4.59. The highest BCUT2D eigenvalue weighted by atomic mass is 35.5. The minimum Gasteiger partial charge on any atom is -0.389 e. The Morgan fingerprint density at radius 2 is 1.95 bits per heavy atom. The highest BCUT2D eigenvalue weighted by Gasteiger charge is 2.31. The van der Waals surface area contributed by atoms with Crippen LogP contribution in [-0.2, 0) is 0 Å². The van der Waals surface area contributed by atoms with Crippen molar-refractivity contribution in [3.8, 4) is 0 Å². The summed E-state index contributed by atoms with van der Waals surface area (Å²) in [6, 6.07) is 5.81. The van der Waals surface area contributed by atoms with Gasteiger partial charge in [0.2, 0.25) is 0 Å². The Morgan fingerprint density at radius 1 is 1.30 bits per heavy atom. The molecule has 0 saturated heterocycles. The summed E-state index contributed by atoms with van der Waals surface area (Å²) in [5.41, 5.74) is 0.531. The van der Waals surface area contributed by atoms with Gasteiger partial charge < -0.3 is 10.4 Å². The Labute approximate surface area is 131 Å². The van der Waals surface area contributed by atoms with Gasteiger partial charge >= 0.3 is 0 Å². The first-order valence-electron chi connectivity index (χ1n) is 7.30. The van der Waals surface area contributed by atoms with E-state index >= 15 is 0 Å². The van der Waals surface area contributed by atoms with Crippen molar-refractivity contribution >= 4 is 23.2 Å². The Kier molecular flexibility index (Phi) is 5.36. The van der Waals surface area contributed by atoms with Gasteiger partial charge in [-0.2, -0.15) is 0 Å². The third-order valence-electron chi connectivity index (χ3n) is 4.39. The predicted molar refractivity (Wildman–Crippen MR) is 85.5 cm³/mol. The fourth-order valence-corrected chi connectivity index (χ4v) is 3.03. The molecule has 0 amide bonds. The Morgan fingerprint density at radius 3 is 2.55 bits per heavy atom. The number of benzene rings is 1. The van der Waals surface area contributed by atoms with Crippen LogP contribution >= 0.6 is 23.2 Å². The van der Waals surface area contributed by atoms with E-state index in [9.17, 15) is 5.11 Å². The summed E-state index contributed by atoms with van der Waals surface area (Å²) in [7, 11) is 0. The van der Waals surface area contributed by atoms with Gasteiger partial charge in [-0.05, 0) is 56.2 Å². The van der Waals surface area contributed by atoms with Crippen molar-refractivity contribution in [3.05, 3.63) is 33.8 Å². The molecule has 1 atom stereocenters. The molecule has 1 unspecified atom stereocenters. The first kappa shape index (κ1) is 16.1. The standard InChI is InChI=1S/C16H23Cl2NO/c1-11-5-7-16(20,8-6-11)10-19-12(2)13-3-4-14(17)15(18)9-13/h3-4,9,11-12,19-20H,5-8,10H2,1-2H3. The molecule has 1 aliphatic rings. The molecular weight excluding hydrogens is 293 g/mol. The van der Waals surface area contributed by atoms with Crippen LogP contribution in [0, 0.1) is 5.92 Å². The summed E-state index contributed by atoms with van der Waals surface area (Å²) in [6.07, 6.45) is 3.99. The van der Waals surface area contributed by atoms with E-state index in [1.54, 1.807) is 0 Å². The summed E-state index contributed by atoms with van der Waals surface area (Å²) in [4.78, 5) is 0. The number of nitrogens with one attached hydrogen (secondary N) is 1. The van der Waals surface area contributed by atoms with Gasteiger partial charge in [-0.1, -0.05) is 36.2 Å². The molecule has 112 valence electrons. The van der Waals surface area contributed by atoms with Crippen LogP contribution in [0.4, 0.5) is 0 Å². The molecule has 1 saturated carbocycles. The quantitative estimate of drug-likeness (QED) is 0.852. The largest absolute Gasteiger partial charge is 0.389 e. The second-order valence-corrected chi connectivity index (χ2v) is 7.00.